The Labute approximate surface area is 110 Å². The van der Waals surface area contributed by atoms with Gasteiger partial charge in [0.25, 0.3) is 0 Å². The molecule has 0 bridgehead atoms. The number of ether oxygens (including phenoxy) is 1. The number of halogens is 1. The van der Waals surface area contributed by atoms with E-state index in [2.05, 4.69) is 15.4 Å². The van der Waals surface area contributed by atoms with E-state index in [4.69, 9.17) is 22.2 Å². The molecule has 6 heteroatoms. The van der Waals surface area contributed by atoms with Gasteiger partial charge in [-0.3, -0.25) is 5.43 Å². The van der Waals surface area contributed by atoms with E-state index < -0.39 is 0 Å². The maximum absolute atomic E-state index is 5.97. The summed E-state index contributed by atoms with van der Waals surface area (Å²) in [6, 6.07) is 9.79. The summed E-state index contributed by atoms with van der Waals surface area (Å²) in [5.74, 6) is 5.80. The Balaban J connectivity index is 2.18. The molecule has 18 heavy (non-hydrogen) atoms. The molecule has 1 unspecified atom stereocenters. The van der Waals surface area contributed by atoms with Gasteiger partial charge in [0.2, 0.25) is 11.8 Å². The van der Waals surface area contributed by atoms with Crippen LogP contribution in [0.2, 0.25) is 5.02 Å². The third-order valence-corrected chi connectivity index (χ3v) is 2.66. The molecule has 0 aliphatic carbocycles. The number of rotatable bonds is 4. The molecule has 1 aromatic heterocycles. The van der Waals surface area contributed by atoms with Gasteiger partial charge in [-0.25, -0.2) is 10.8 Å². The second-order valence-electron chi connectivity index (χ2n) is 3.66. The first kappa shape index (κ1) is 12.6. The first-order valence-corrected chi connectivity index (χ1v) is 5.79. The van der Waals surface area contributed by atoms with E-state index in [0.29, 0.717) is 10.9 Å². The molecular weight excluding hydrogens is 252 g/mol. The topological polar surface area (TPSA) is 73.1 Å². The number of nitrogens with one attached hydrogen (secondary N) is 1. The van der Waals surface area contributed by atoms with E-state index in [0.717, 1.165) is 5.56 Å². The molecule has 5 nitrogen and oxygen atoms in total. The monoisotopic (exact) mass is 264 g/mol. The molecule has 3 N–H and O–H groups in total. The molecule has 94 valence electrons. The van der Waals surface area contributed by atoms with Crippen molar-refractivity contribution in [2.75, 3.05) is 5.43 Å². The van der Waals surface area contributed by atoms with Crippen LogP contribution in [0.3, 0.4) is 0 Å². The predicted molar refractivity (Wildman–Crippen MR) is 70.3 cm³/mol. The van der Waals surface area contributed by atoms with Crippen molar-refractivity contribution in [2.45, 2.75) is 13.0 Å². The Kier molecular flexibility index (Phi) is 3.96. The van der Waals surface area contributed by atoms with Crippen LogP contribution < -0.4 is 16.0 Å². The van der Waals surface area contributed by atoms with E-state index in [1.165, 1.54) is 6.20 Å². The summed E-state index contributed by atoms with van der Waals surface area (Å²) in [4.78, 5) is 7.93. The number of anilines is 1. The lowest BCUT2D eigenvalue weighted by Crippen LogP contribution is -2.12. The second kappa shape index (κ2) is 5.66. The largest absolute Gasteiger partial charge is 0.469 e. The Bertz CT molecular complexity index is 521. The van der Waals surface area contributed by atoms with Gasteiger partial charge in [-0.2, -0.15) is 4.98 Å². The van der Waals surface area contributed by atoms with E-state index in [1.54, 1.807) is 0 Å². The Morgan fingerprint density at radius 1 is 1.33 bits per heavy atom. The van der Waals surface area contributed by atoms with E-state index in [1.807, 2.05) is 37.3 Å². The lowest BCUT2D eigenvalue weighted by molar-refractivity contribution is 0.217. The van der Waals surface area contributed by atoms with Crippen molar-refractivity contribution in [3.05, 3.63) is 47.1 Å². The van der Waals surface area contributed by atoms with Gasteiger partial charge >= 0.3 is 0 Å². The lowest BCUT2D eigenvalue weighted by Gasteiger charge is -2.15. The number of nitrogens with zero attached hydrogens (tertiary/aromatic N) is 2. The first-order chi connectivity index (χ1) is 8.70. The standard InChI is InChI=1S/C12H13ClN4O/c1-8(9-5-3-2-4-6-9)18-11-10(13)7-15-12(16-11)17-14/h2-8H,14H2,1H3,(H,15,16,17). The molecule has 0 fully saturated rings. The molecule has 0 saturated carbocycles. The Morgan fingerprint density at radius 2 is 2.06 bits per heavy atom. The number of hydrazine groups is 1. The van der Waals surface area contributed by atoms with Crippen LogP contribution in [0.4, 0.5) is 5.95 Å². The van der Waals surface area contributed by atoms with Crippen LogP contribution in [0.5, 0.6) is 5.88 Å². The average molecular weight is 265 g/mol. The maximum Gasteiger partial charge on any atom is 0.240 e. The highest BCUT2D eigenvalue weighted by Crippen LogP contribution is 2.26. The van der Waals surface area contributed by atoms with Gasteiger partial charge < -0.3 is 4.74 Å². The number of hydrogen-bond donors (Lipinski definition) is 2. The van der Waals surface area contributed by atoms with Crippen LogP contribution in [0.25, 0.3) is 0 Å². The molecule has 0 aliphatic heterocycles. The summed E-state index contributed by atoms with van der Waals surface area (Å²) in [7, 11) is 0. The molecule has 1 aromatic carbocycles. The zero-order chi connectivity index (χ0) is 13.0. The quantitative estimate of drug-likeness (QED) is 0.656. The van der Waals surface area contributed by atoms with Crippen molar-refractivity contribution in [1.82, 2.24) is 9.97 Å². The third kappa shape index (κ3) is 2.88. The zero-order valence-electron chi connectivity index (χ0n) is 9.80. The van der Waals surface area contributed by atoms with Crippen molar-refractivity contribution in [2.24, 2.45) is 5.84 Å². The van der Waals surface area contributed by atoms with E-state index >= 15 is 0 Å². The van der Waals surface area contributed by atoms with Gasteiger partial charge in [0, 0.05) is 0 Å². The Hall–Kier alpha value is -1.85. The highest BCUT2D eigenvalue weighted by molar-refractivity contribution is 6.31. The lowest BCUT2D eigenvalue weighted by atomic mass is 10.1. The molecule has 2 aromatic rings. The summed E-state index contributed by atoms with van der Waals surface area (Å²) in [6.07, 6.45) is 1.28. The molecule has 0 saturated heterocycles. The fraction of sp³-hybridized carbons (Fsp3) is 0.167. The van der Waals surface area contributed by atoms with Crippen LogP contribution >= 0.6 is 11.6 Å². The van der Waals surface area contributed by atoms with Crippen molar-refractivity contribution in [1.29, 1.82) is 0 Å². The fourth-order valence-corrected chi connectivity index (χ4v) is 1.60. The molecule has 0 amide bonds. The molecule has 2 rings (SSSR count). The number of benzene rings is 1. The SMILES string of the molecule is CC(Oc1nc(NN)ncc1Cl)c1ccccc1. The number of aromatic nitrogens is 2. The fourth-order valence-electron chi connectivity index (χ4n) is 1.46. The van der Waals surface area contributed by atoms with Crippen molar-refractivity contribution in [3.8, 4) is 5.88 Å². The number of hydrogen-bond acceptors (Lipinski definition) is 5. The minimum atomic E-state index is -0.163. The molecule has 0 radical (unpaired) electrons. The van der Waals surface area contributed by atoms with Gasteiger partial charge in [0.15, 0.2) is 0 Å². The minimum Gasteiger partial charge on any atom is -0.469 e. The van der Waals surface area contributed by atoms with Crippen LogP contribution in [0.1, 0.15) is 18.6 Å². The van der Waals surface area contributed by atoms with E-state index in [-0.39, 0.29) is 12.1 Å². The summed E-state index contributed by atoms with van der Waals surface area (Å²) in [5.41, 5.74) is 3.38. The van der Waals surface area contributed by atoms with E-state index in [9.17, 15) is 0 Å². The first-order valence-electron chi connectivity index (χ1n) is 5.41. The highest BCUT2D eigenvalue weighted by atomic mass is 35.5. The highest BCUT2D eigenvalue weighted by Gasteiger charge is 2.12. The van der Waals surface area contributed by atoms with Crippen LogP contribution in [0.15, 0.2) is 36.5 Å². The van der Waals surface area contributed by atoms with Crippen LogP contribution in [-0.4, -0.2) is 9.97 Å². The predicted octanol–water partition coefficient (Wildman–Crippen LogP) is 2.56. The molecule has 0 spiro atoms. The molecular formula is C12H13ClN4O. The van der Waals surface area contributed by atoms with Gasteiger partial charge in [-0.1, -0.05) is 41.9 Å². The van der Waals surface area contributed by atoms with Crippen LogP contribution in [-0.2, 0) is 0 Å². The number of nitrogen functional groups attached to an aromatic ring is 1. The zero-order valence-corrected chi connectivity index (χ0v) is 10.6. The normalized spacial score (nSPS) is 11.9. The van der Waals surface area contributed by atoms with Gasteiger partial charge in [-0.15, -0.1) is 0 Å². The van der Waals surface area contributed by atoms with Crippen LogP contribution in [0, 0.1) is 0 Å². The summed E-state index contributed by atoms with van der Waals surface area (Å²) in [5, 5.41) is 0.344. The summed E-state index contributed by atoms with van der Waals surface area (Å²) >= 11 is 5.97. The maximum atomic E-state index is 5.97. The smallest absolute Gasteiger partial charge is 0.240 e. The van der Waals surface area contributed by atoms with Gasteiger partial charge in [-0.05, 0) is 12.5 Å². The van der Waals surface area contributed by atoms with Gasteiger partial charge in [0.05, 0.1) is 6.20 Å². The summed E-state index contributed by atoms with van der Waals surface area (Å²) < 4.78 is 5.70. The average Bonchev–Trinajstić information content (AvgIpc) is 2.42. The van der Waals surface area contributed by atoms with Crippen molar-refractivity contribution < 1.29 is 4.74 Å². The molecule has 0 aliphatic rings. The molecule has 1 atom stereocenters. The third-order valence-electron chi connectivity index (χ3n) is 2.40. The summed E-state index contributed by atoms with van der Waals surface area (Å²) in [6.45, 7) is 1.92. The van der Waals surface area contributed by atoms with Crippen molar-refractivity contribution in [3.63, 3.8) is 0 Å². The second-order valence-corrected chi connectivity index (χ2v) is 4.07. The molecule has 1 heterocycles. The Morgan fingerprint density at radius 3 is 2.72 bits per heavy atom. The minimum absolute atomic E-state index is 0.163. The van der Waals surface area contributed by atoms with Gasteiger partial charge in [0.1, 0.15) is 11.1 Å². The van der Waals surface area contributed by atoms with Crippen molar-refractivity contribution >= 4 is 17.5 Å². The number of nitrogens with two attached hydrogens (primary N) is 1.